The highest BCUT2D eigenvalue weighted by molar-refractivity contribution is 5.81. The van der Waals surface area contributed by atoms with E-state index in [1.165, 1.54) is 11.2 Å². The van der Waals surface area contributed by atoms with Crippen LogP contribution >= 0.6 is 0 Å². The highest BCUT2D eigenvalue weighted by Crippen LogP contribution is 2.29. The Bertz CT molecular complexity index is 993. The summed E-state index contributed by atoms with van der Waals surface area (Å²) in [6, 6.07) is 0. The lowest BCUT2D eigenvalue weighted by Gasteiger charge is -2.13. The maximum absolute atomic E-state index is 11.1. The maximum atomic E-state index is 11.1. The molecule has 0 bridgehead atoms. The van der Waals surface area contributed by atoms with Gasteiger partial charge in [0.25, 0.3) is 0 Å². The van der Waals surface area contributed by atoms with Gasteiger partial charge in [0.15, 0.2) is 11.2 Å². The Balaban J connectivity index is 1.70. The number of amides is 1. The van der Waals surface area contributed by atoms with Crippen LogP contribution in [0.5, 0.6) is 5.88 Å². The number of aromatic nitrogens is 6. The zero-order valence-electron chi connectivity index (χ0n) is 14.7. The van der Waals surface area contributed by atoms with E-state index in [9.17, 15) is 4.79 Å². The van der Waals surface area contributed by atoms with Crippen molar-refractivity contribution in [3.63, 3.8) is 0 Å². The molecular formula is C16H19N7O3. The molecule has 0 unspecified atom stereocenters. The molecule has 0 aliphatic carbocycles. The molecule has 3 aromatic rings. The SMILES string of the molecule is Cc1nn(C)cc1-c1nc2c(O[C@H]3CCN(C(=O)O)C3)ncnc2n1C. The fourth-order valence-corrected chi connectivity index (χ4v) is 3.28. The number of fused-ring (bicyclic) bond motifs is 1. The maximum Gasteiger partial charge on any atom is 0.407 e. The molecule has 10 heteroatoms. The van der Waals surface area contributed by atoms with Crippen LogP contribution in [0, 0.1) is 6.92 Å². The van der Waals surface area contributed by atoms with E-state index in [0.29, 0.717) is 36.6 Å². The molecule has 4 heterocycles. The topological polar surface area (TPSA) is 111 Å². The van der Waals surface area contributed by atoms with Crippen molar-refractivity contribution >= 4 is 17.3 Å². The van der Waals surface area contributed by atoms with Crippen LogP contribution in [0.4, 0.5) is 4.79 Å². The third-order valence-corrected chi connectivity index (χ3v) is 4.57. The van der Waals surface area contributed by atoms with Gasteiger partial charge in [0.2, 0.25) is 5.88 Å². The van der Waals surface area contributed by atoms with E-state index < -0.39 is 6.09 Å². The van der Waals surface area contributed by atoms with Gasteiger partial charge >= 0.3 is 6.09 Å². The minimum Gasteiger partial charge on any atom is -0.471 e. The van der Waals surface area contributed by atoms with Gasteiger partial charge < -0.3 is 19.3 Å². The molecule has 0 saturated carbocycles. The molecular weight excluding hydrogens is 338 g/mol. The average molecular weight is 357 g/mol. The van der Waals surface area contributed by atoms with E-state index >= 15 is 0 Å². The Kier molecular flexibility index (Phi) is 3.74. The van der Waals surface area contributed by atoms with Crippen molar-refractivity contribution in [2.45, 2.75) is 19.4 Å². The fraction of sp³-hybridized carbons (Fsp3) is 0.438. The van der Waals surface area contributed by atoms with Crippen LogP contribution in [-0.2, 0) is 14.1 Å². The predicted molar refractivity (Wildman–Crippen MR) is 91.9 cm³/mol. The summed E-state index contributed by atoms with van der Waals surface area (Å²) >= 11 is 0. The van der Waals surface area contributed by atoms with Crippen molar-refractivity contribution < 1.29 is 14.6 Å². The number of likely N-dealkylation sites (tertiary alicyclic amines) is 1. The number of ether oxygens (including phenoxy) is 1. The van der Waals surface area contributed by atoms with Gasteiger partial charge in [-0.2, -0.15) is 10.1 Å². The Morgan fingerprint density at radius 2 is 2.15 bits per heavy atom. The lowest BCUT2D eigenvalue weighted by atomic mass is 10.2. The Hall–Kier alpha value is -3.17. The largest absolute Gasteiger partial charge is 0.471 e. The normalized spacial score (nSPS) is 17.2. The Morgan fingerprint density at radius 3 is 2.81 bits per heavy atom. The molecule has 136 valence electrons. The van der Waals surface area contributed by atoms with Crippen LogP contribution in [-0.4, -0.2) is 64.6 Å². The molecule has 1 fully saturated rings. The van der Waals surface area contributed by atoms with E-state index in [1.807, 2.05) is 31.8 Å². The highest BCUT2D eigenvalue weighted by Gasteiger charge is 2.29. The second-order valence-electron chi connectivity index (χ2n) is 6.40. The summed E-state index contributed by atoms with van der Waals surface area (Å²) in [6.45, 7) is 2.70. The summed E-state index contributed by atoms with van der Waals surface area (Å²) in [4.78, 5) is 25.6. The highest BCUT2D eigenvalue weighted by atomic mass is 16.5. The van der Waals surface area contributed by atoms with Crippen molar-refractivity contribution in [1.29, 1.82) is 0 Å². The first kappa shape index (κ1) is 16.3. The third kappa shape index (κ3) is 2.63. The fourth-order valence-electron chi connectivity index (χ4n) is 3.28. The number of carboxylic acid groups (broad SMARTS) is 1. The van der Waals surface area contributed by atoms with Gasteiger partial charge in [-0.3, -0.25) is 4.68 Å². The second kappa shape index (κ2) is 5.97. The molecule has 26 heavy (non-hydrogen) atoms. The first-order valence-corrected chi connectivity index (χ1v) is 8.26. The number of rotatable bonds is 3. The van der Waals surface area contributed by atoms with Gasteiger partial charge in [0.1, 0.15) is 18.3 Å². The van der Waals surface area contributed by atoms with Gasteiger partial charge in [0, 0.05) is 33.3 Å². The molecule has 1 atom stereocenters. The van der Waals surface area contributed by atoms with Gasteiger partial charge in [-0.05, 0) is 6.92 Å². The number of hydrogen-bond donors (Lipinski definition) is 1. The molecule has 0 aromatic carbocycles. The summed E-state index contributed by atoms with van der Waals surface area (Å²) in [5, 5.41) is 13.4. The molecule has 1 saturated heterocycles. The minimum absolute atomic E-state index is 0.241. The van der Waals surface area contributed by atoms with Crippen molar-refractivity contribution in [1.82, 2.24) is 34.2 Å². The second-order valence-corrected chi connectivity index (χ2v) is 6.40. The van der Waals surface area contributed by atoms with E-state index in [1.54, 1.807) is 4.68 Å². The zero-order valence-corrected chi connectivity index (χ0v) is 14.7. The van der Waals surface area contributed by atoms with Crippen LogP contribution in [0.1, 0.15) is 12.1 Å². The quantitative estimate of drug-likeness (QED) is 0.750. The summed E-state index contributed by atoms with van der Waals surface area (Å²) in [5.74, 6) is 1.10. The molecule has 1 aliphatic rings. The number of aryl methyl sites for hydroxylation is 3. The first-order chi connectivity index (χ1) is 12.4. The monoisotopic (exact) mass is 357 g/mol. The number of imidazole rings is 1. The zero-order chi connectivity index (χ0) is 18.4. The van der Waals surface area contributed by atoms with E-state index in [-0.39, 0.29) is 6.10 Å². The Labute approximate surface area is 149 Å². The van der Waals surface area contributed by atoms with Crippen molar-refractivity contribution in [2.75, 3.05) is 13.1 Å². The predicted octanol–water partition coefficient (Wildman–Crippen LogP) is 1.20. The summed E-state index contributed by atoms with van der Waals surface area (Å²) in [6.07, 6.45) is 2.79. The van der Waals surface area contributed by atoms with E-state index in [0.717, 1.165) is 17.1 Å². The van der Waals surface area contributed by atoms with Crippen molar-refractivity contribution in [3.05, 3.63) is 18.2 Å². The van der Waals surface area contributed by atoms with Gasteiger partial charge in [0.05, 0.1) is 17.8 Å². The molecule has 0 radical (unpaired) electrons. The van der Waals surface area contributed by atoms with Crippen LogP contribution in [0.3, 0.4) is 0 Å². The minimum atomic E-state index is -0.934. The summed E-state index contributed by atoms with van der Waals surface area (Å²) in [7, 11) is 3.75. The molecule has 10 nitrogen and oxygen atoms in total. The van der Waals surface area contributed by atoms with E-state index in [4.69, 9.17) is 9.84 Å². The smallest absolute Gasteiger partial charge is 0.407 e. The lowest BCUT2D eigenvalue weighted by molar-refractivity contribution is 0.145. The van der Waals surface area contributed by atoms with Gasteiger partial charge in [-0.15, -0.1) is 0 Å². The standard InChI is InChI=1S/C16H19N7O3/c1-9-11(7-21(2)20-9)13-19-12-14(22(13)3)17-8-18-15(12)26-10-4-5-23(6-10)16(24)25/h7-8,10H,4-6H2,1-3H3,(H,24,25)/t10-/m0/s1. The number of carbonyl (C=O) groups is 1. The molecule has 1 amide bonds. The summed E-state index contributed by atoms with van der Waals surface area (Å²) < 4.78 is 9.58. The van der Waals surface area contributed by atoms with Crippen LogP contribution < -0.4 is 4.74 Å². The van der Waals surface area contributed by atoms with Gasteiger partial charge in [-0.1, -0.05) is 0 Å². The third-order valence-electron chi connectivity index (χ3n) is 4.57. The molecule has 1 aliphatic heterocycles. The van der Waals surface area contributed by atoms with Crippen LogP contribution in [0.15, 0.2) is 12.5 Å². The van der Waals surface area contributed by atoms with Crippen LogP contribution in [0.25, 0.3) is 22.6 Å². The Morgan fingerprint density at radius 1 is 1.35 bits per heavy atom. The van der Waals surface area contributed by atoms with Crippen molar-refractivity contribution in [3.8, 4) is 17.3 Å². The number of hydrogen-bond acceptors (Lipinski definition) is 6. The molecule has 1 N–H and O–H groups in total. The molecule has 0 spiro atoms. The van der Waals surface area contributed by atoms with Crippen LogP contribution in [0.2, 0.25) is 0 Å². The molecule has 3 aromatic heterocycles. The first-order valence-electron chi connectivity index (χ1n) is 8.26. The lowest BCUT2D eigenvalue weighted by Crippen LogP contribution is -2.29. The number of nitrogens with zero attached hydrogens (tertiary/aromatic N) is 7. The summed E-state index contributed by atoms with van der Waals surface area (Å²) in [5.41, 5.74) is 2.99. The molecule has 4 rings (SSSR count). The van der Waals surface area contributed by atoms with E-state index in [2.05, 4.69) is 20.1 Å². The van der Waals surface area contributed by atoms with Gasteiger partial charge in [-0.25, -0.2) is 14.8 Å². The van der Waals surface area contributed by atoms with Crippen molar-refractivity contribution in [2.24, 2.45) is 14.1 Å². The average Bonchev–Trinajstić information content (AvgIpc) is 3.27.